The number of rotatable bonds is 5. The van der Waals surface area contributed by atoms with E-state index in [4.69, 9.17) is 23.2 Å². The first-order valence-corrected chi connectivity index (χ1v) is 10.4. The third kappa shape index (κ3) is 4.00. The Labute approximate surface area is 200 Å². The average molecular weight is 499 g/mol. The number of nitrogens with one attached hydrogen (secondary N) is 2. The second-order valence-electron chi connectivity index (χ2n) is 7.03. The van der Waals surface area contributed by atoms with Gasteiger partial charge in [-0.2, -0.15) is 10.3 Å². The average Bonchev–Trinajstić information content (AvgIpc) is 3.57. The molecule has 5 rings (SSSR count). The molecule has 1 amide bonds. The van der Waals surface area contributed by atoms with Crippen molar-refractivity contribution in [2.45, 2.75) is 6.92 Å². The number of H-pyrrole nitrogens is 1. The number of hydrogen-bond donors (Lipinski definition) is 2. The van der Waals surface area contributed by atoms with Gasteiger partial charge in [0.25, 0.3) is 5.91 Å². The van der Waals surface area contributed by atoms with Crippen LogP contribution in [0.2, 0.25) is 10.0 Å². The molecular formula is C20H13Cl2FN10O. The summed E-state index contributed by atoms with van der Waals surface area (Å²) in [5.74, 6) is -0.457. The van der Waals surface area contributed by atoms with Crippen LogP contribution in [0, 0.1) is 12.7 Å². The fraction of sp³-hybridized carbons (Fsp3) is 0.0500. The standard InChI is InChI=1S/C20H13Cl2FN10O/c1-10-18(25-31-33(10)12-3-4-15(23)14(22)9-12)20(34)24-17-6-7-32(28-17)16-5-2-11(21)8-13(16)19-26-29-30-27-19/h2-9H,1H3,(H,24,28,34)(H,26,27,29,30). The van der Waals surface area contributed by atoms with Crippen molar-refractivity contribution < 1.29 is 9.18 Å². The van der Waals surface area contributed by atoms with Gasteiger partial charge in [-0.15, -0.1) is 15.3 Å². The molecule has 0 saturated heterocycles. The Balaban J connectivity index is 1.40. The molecule has 2 N–H and O–H groups in total. The molecule has 14 heteroatoms. The molecule has 34 heavy (non-hydrogen) atoms. The molecule has 0 bridgehead atoms. The third-order valence-corrected chi connectivity index (χ3v) is 5.40. The molecule has 11 nitrogen and oxygen atoms in total. The van der Waals surface area contributed by atoms with Crippen LogP contribution in [-0.2, 0) is 0 Å². The van der Waals surface area contributed by atoms with Crippen LogP contribution >= 0.6 is 23.2 Å². The molecule has 0 spiro atoms. The van der Waals surface area contributed by atoms with Gasteiger partial charge in [0.1, 0.15) is 5.82 Å². The molecule has 0 aliphatic heterocycles. The second kappa shape index (κ2) is 8.65. The normalized spacial score (nSPS) is 11.1. The lowest BCUT2D eigenvalue weighted by atomic mass is 10.1. The number of anilines is 1. The van der Waals surface area contributed by atoms with Crippen LogP contribution in [0.5, 0.6) is 0 Å². The molecule has 0 atom stereocenters. The zero-order valence-corrected chi connectivity index (χ0v) is 18.8. The molecule has 170 valence electrons. The number of carbonyl (C=O) groups is 1. The molecule has 5 aromatic rings. The van der Waals surface area contributed by atoms with Crippen molar-refractivity contribution in [1.82, 2.24) is 45.4 Å². The maximum Gasteiger partial charge on any atom is 0.279 e. The van der Waals surface area contributed by atoms with Crippen molar-refractivity contribution in [3.8, 4) is 22.8 Å². The van der Waals surface area contributed by atoms with E-state index < -0.39 is 11.7 Å². The number of tetrazole rings is 1. The summed E-state index contributed by atoms with van der Waals surface area (Å²) in [6.45, 7) is 1.66. The van der Waals surface area contributed by atoms with Crippen molar-refractivity contribution in [3.63, 3.8) is 0 Å². The summed E-state index contributed by atoms with van der Waals surface area (Å²) in [5, 5.41) is 29.4. The lowest BCUT2D eigenvalue weighted by molar-refractivity contribution is 0.102. The van der Waals surface area contributed by atoms with Crippen LogP contribution in [0.3, 0.4) is 0 Å². The fourth-order valence-corrected chi connectivity index (χ4v) is 3.61. The highest BCUT2D eigenvalue weighted by atomic mass is 35.5. The summed E-state index contributed by atoms with van der Waals surface area (Å²) in [6, 6.07) is 10.8. The summed E-state index contributed by atoms with van der Waals surface area (Å²) in [5.41, 5.74) is 2.21. The monoisotopic (exact) mass is 498 g/mol. The van der Waals surface area contributed by atoms with E-state index in [1.165, 1.54) is 22.9 Å². The fourth-order valence-electron chi connectivity index (χ4n) is 3.26. The minimum Gasteiger partial charge on any atom is -0.304 e. The Morgan fingerprint density at radius 1 is 1.12 bits per heavy atom. The topological polar surface area (TPSA) is 132 Å². The lowest BCUT2D eigenvalue weighted by Crippen LogP contribution is -2.15. The van der Waals surface area contributed by atoms with Crippen molar-refractivity contribution in [3.05, 3.63) is 75.9 Å². The van der Waals surface area contributed by atoms with Gasteiger partial charge >= 0.3 is 0 Å². The first-order chi connectivity index (χ1) is 16.4. The van der Waals surface area contributed by atoms with Crippen LogP contribution in [0.25, 0.3) is 22.8 Å². The predicted molar refractivity (Wildman–Crippen MR) is 121 cm³/mol. The van der Waals surface area contributed by atoms with Crippen LogP contribution in [-0.4, -0.2) is 51.3 Å². The van der Waals surface area contributed by atoms with Gasteiger partial charge in [-0.25, -0.2) is 13.8 Å². The van der Waals surface area contributed by atoms with E-state index in [1.807, 2.05) is 0 Å². The van der Waals surface area contributed by atoms with Gasteiger partial charge in [-0.3, -0.25) is 4.79 Å². The zero-order chi connectivity index (χ0) is 23.8. The molecule has 0 fully saturated rings. The van der Waals surface area contributed by atoms with Crippen LogP contribution in [0.15, 0.2) is 48.7 Å². The number of halogens is 3. The smallest absolute Gasteiger partial charge is 0.279 e. The van der Waals surface area contributed by atoms with E-state index in [1.54, 1.807) is 42.1 Å². The summed E-state index contributed by atoms with van der Waals surface area (Å²) in [6.07, 6.45) is 1.66. The molecule has 0 unspecified atom stereocenters. The maximum absolute atomic E-state index is 13.5. The number of carbonyl (C=O) groups excluding carboxylic acids is 1. The summed E-state index contributed by atoms with van der Waals surface area (Å²) in [7, 11) is 0. The van der Waals surface area contributed by atoms with Crippen LogP contribution < -0.4 is 5.32 Å². The summed E-state index contributed by atoms with van der Waals surface area (Å²) < 4.78 is 16.4. The molecule has 0 aliphatic carbocycles. The number of benzene rings is 2. The molecular weight excluding hydrogens is 486 g/mol. The van der Waals surface area contributed by atoms with Crippen molar-refractivity contribution >= 4 is 34.9 Å². The van der Waals surface area contributed by atoms with Gasteiger partial charge in [0.15, 0.2) is 11.5 Å². The van der Waals surface area contributed by atoms with Gasteiger partial charge in [0.05, 0.1) is 27.7 Å². The highest BCUT2D eigenvalue weighted by molar-refractivity contribution is 6.31. The van der Waals surface area contributed by atoms with Crippen molar-refractivity contribution in [1.29, 1.82) is 0 Å². The van der Waals surface area contributed by atoms with Crippen LogP contribution in [0.1, 0.15) is 16.2 Å². The Morgan fingerprint density at radius 2 is 1.97 bits per heavy atom. The Bertz CT molecular complexity index is 1510. The molecule has 3 heterocycles. The predicted octanol–water partition coefficient (Wildman–Crippen LogP) is 3.64. The van der Waals surface area contributed by atoms with E-state index in [9.17, 15) is 9.18 Å². The first-order valence-electron chi connectivity index (χ1n) is 9.69. The minimum atomic E-state index is -0.556. The first kappa shape index (κ1) is 21.7. The number of nitrogens with zero attached hydrogens (tertiary/aromatic N) is 8. The van der Waals surface area contributed by atoms with Gasteiger partial charge in [0.2, 0.25) is 5.82 Å². The van der Waals surface area contributed by atoms with Crippen LogP contribution in [0.4, 0.5) is 10.2 Å². The Kier molecular flexibility index (Phi) is 5.51. The molecule has 2 aromatic carbocycles. The SMILES string of the molecule is Cc1c(C(=O)Nc2ccn(-c3ccc(Cl)cc3-c3nn[nH]n3)n2)nnn1-c1ccc(F)c(Cl)c1. The Morgan fingerprint density at radius 3 is 2.74 bits per heavy atom. The van der Waals surface area contributed by atoms with E-state index in [0.717, 1.165) is 0 Å². The van der Waals surface area contributed by atoms with E-state index in [0.29, 0.717) is 33.5 Å². The Hall–Kier alpha value is -4.16. The zero-order valence-electron chi connectivity index (χ0n) is 17.2. The molecule has 0 saturated carbocycles. The quantitative estimate of drug-likeness (QED) is 0.377. The van der Waals surface area contributed by atoms with E-state index in [2.05, 4.69) is 41.4 Å². The van der Waals surface area contributed by atoms with Gasteiger partial charge in [-0.1, -0.05) is 28.4 Å². The highest BCUT2D eigenvalue weighted by Gasteiger charge is 2.20. The summed E-state index contributed by atoms with van der Waals surface area (Å²) in [4.78, 5) is 12.8. The van der Waals surface area contributed by atoms with E-state index >= 15 is 0 Å². The largest absolute Gasteiger partial charge is 0.304 e. The molecule has 3 aromatic heterocycles. The lowest BCUT2D eigenvalue weighted by Gasteiger charge is -2.07. The van der Waals surface area contributed by atoms with Gasteiger partial charge in [-0.05, 0) is 48.5 Å². The van der Waals surface area contributed by atoms with Crippen molar-refractivity contribution in [2.75, 3.05) is 5.32 Å². The number of aromatic nitrogens is 9. The van der Waals surface area contributed by atoms with Gasteiger partial charge < -0.3 is 5.32 Å². The van der Waals surface area contributed by atoms with Crippen molar-refractivity contribution in [2.24, 2.45) is 0 Å². The maximum atomic E-state index is 13.5. The number of amides is 1. The van der Waals surface area contributed by atoms with E-state index in [-0.39, 0.29) is 16.5 Å². The van der Waals surface area contributed by atoms with Gasteiger partial charge in [0, 0.05) is 17.3 Å². The second-order valence-corrected chi connectivity index (χ2v) is 7.87. The number of hydrogen-bond acceptors (Lipinski definition) is 7. The highest BCUT2D eigenvalue weighted by Crippen LogP contribution is 2.27. The molecule has 0 aliphatic rings. The summed E-state index contributed by atoms with van der Waals surface area (Å²) >= 11 is 12.0. The third-order valence-electron chi connectivity index (χ3n) is 4.88. The number of aromatic amines is 1. The molecule has 0 radical (unpaired) electrons. The minimum absolute atomic E-state index is 0.0636.